The molecule has 1 atom stereocenters. The molecule has 20 heavy (non-hydrogen) atoms. The highest BCUT2D eigenvalue weighted by molar-refractivity contribution is 5.29. The molecule has 1 heterocycles. The normalized spacial score (nSPS) is 20.4. The number of benzene rings is 1. The number of nitrogens with zero attached hydrogens (tertiary/aromatic N) is 2. The molecule has 0 unspecified atom stereocenters. The Bertz CT molecular complexity index is 440. The molecule has 1 saturated heterocycles. The van der Waals surface area contributed by atoms with E-state index in [1.807, 2.05) is 20.2 Å². The largest absolute Gasteiger partial charge is 0.494 e. The van der Waals surface area contributed by atoms with Gasteiger partial charge in [-0.25, -0.2) is 4.39 Å². The van der Waals surface area contributed by atoms with Crippen molar-refractivity contribution in [2.45, 2.75) is 12.6 Å². The summed E-state index contributed by atoms with van der Waals surface area (Å²) in [6.07, 6.45) is 0.224. The lowest BCUT2D eigenvalue weighted by molar-refractivity contribution is -0.0406. The van der Waals surface area contributed by atoms with Crippen LogP contribution >= 0.6 is 0 Å². The maximum absolute atomic E-state index is 13.7. The fraction of sp³-hybridized carbons (Fsp3) is 0.600. The molecular weight excluding hydrogens is 259 g/mol. The molecule has 1 aromatic rings. The minimum atomic E-state index is -0.303. The number of likely N-dealkylation sites (N-methyl/N-ethyl adjacent to an activating group) is 1. The van der Waals surface area contributed by atoms with Gasteiger partial charge in [-0.15, -0.1) is 0 Å². The lowest BCUT2D eigenvalue weighted by Gasteiger charge is -2.34. The fourth-order valence-electron chi connectivity index (χ4n) is 2.51. The molecule has 112 valence electrons. The molecule has 5 heteroatoms. The predicted molar refractivity (Wildman–Crippen MR) is 76.5 cm³/mol. The van der Waals surface area contributed by atoms with Crippen molar-refractivity contribution >= 4 is 0 Å². The zero-order chi connectivity index (χ0) is 14.5. The van der Waals surface area contributed by atoms with Gasteiger partial charge in [-0.05, 0) is 31.8 Å². The van der Waals surface area contributed by atoms with Crippen LogP contribution in [0.1, 0.15) is 5.56 Å². The second-order valence-electron chi connectivity index (χ2n) is 5.46. The first kappa shape index (κ1) is 15.2. The average molecular weight is 282 g/mol. The third-order valence-electron chi connectivity index (χ3n) is 3.41. The Labute approximate surface area is 120 Å². The van der Waals surface area contributed by atoms with Gasteiger partial charge in [0.25, 0.3) is 0 Å². The summed E-state index contributed by atoms with van der Waals surface area (Å²) in [5.41, 5.74) is 0.966. The van der Waals surface area contributed by atoms with Gasteiger partial charge in [-0.2, -0.15) is 0 Å². The summed E-state index contributed by atoms with van der Waals surface area (Å²) >= 11 is 0. The summed E-state index contributed by atoms with van der Waals surface area (Å²) in [6, 6.07) is 5.15. The van der Waals surface area contributed by atoms with Gasteiger partial charge in [0.05, 0.1) is 19.8 Å². The van der Waals surface area contributed by atoms with Crippen LogP contribution in [0.15, 0.2) is 18.2 Å². The molecule has 1 aliphatic rings. The molecule has 2 rings (SSSR count). The van der Waals surface area contributed by atoms with Crippen molar-refractivity contribution in [2.75, 3.05) is 47.4 Å². The van der Waals surface area contributed by atoms with Crippen LogP contribution in [0, 0.1) is 5.82 Å². The van der Waals surface area contributed by atoms with Gasteiger partial charge in [-0.3, -0.25) is 4.90 Å². The molecule has 0 spiro atoms. The van der Waals surface area contributed by atoms with E-state index in [4.69, 9.17) is 9.47 Å². The maximum atomic E-state index is 13.7. The van der Waals surface area contributed by atoms with E-state index in [1.54, 1.807) is 12.1 Å². The molecule has 1 aromatic carbocycles. The van der Waals surface area contributed by atoms with Crippen LogP contribution in [0.3, 0.4) is 0 Å². The van der Waals surface area contributed by atoms with Crippen LogP contribution in [0.2, 0.25) is 0 Å². The maximum Gasteiger partial charge on any atom is 0.165 e. The van der Waals surface area contributed by atoms with Gasteiger partial charge in [0.2, 0.25) is 0 Å². The molecular formula is C15H23FN2O2. The average Bonchev–Trinajstić information content (AvgIpc) is 2.38. The van der Waals surface area contributed by atoms with Crippen molar-refractivity contribution in [2.24, 2.45) is 0 Å². The highest BCUT2D eigenvalue weighted by atomic mass is 19.1. The van der Waals surface area contributed by atoms with E-state index in [2.05, 4.69) is 9.80 Å². The summed E-state index contributed by atoms with van der Waals surface area (Å²) < 4.78 is 24.4. The fourth-order valence-corrected chi connectivity index (χ4v) is 2.51. The van der Waals surface area contributed by atoms with E-state index in [0.717, 1.165) is 38.3 Å². The van der Waals surface area contributed by atoms with E-state index < -0.39 is 0 Å². The van der Waals surface area contributed by atoms with Crippen molar-refractivity contribution < 1.29 is 13.9 Å². The molecule has 0 N–H and O–H groups in total. The molecule has 4 nitrogen and oxygen atoms in total. The van der Waals surface area contributed by atoms with Gasteiger partial charge in [0.15, 0.2) is 11.6 Å². The van der Waals surface area contributed by atoms with Crippen LogP contribution in [-0.2, 0) is 11.3 Å². The third-order valence-corrected chi connectivity index (χ3v) is 3.41. The monoisotopic (exact) mass is 282 g/mol. The topological polar surface area (TPSA) is 24.9 Å². The van der Waals surface area contributed by atoms with Crippen LogP contribution in [0.4, 0.5) is 4.39 Å². The Balaban J connectivity index is 1.93. The number of hydrogen-bond acceptors (Lipinski definition) is 4. The summed E-state index contributed by atoms with van der Waals surface area (Å²) in [6.45, 7) is 4.15. The quantitative estimate of drug-likeness (QED) is 0.819. The molecule has 1 fully saturated rings. The first-order chi connectivity index (χ1) is 9.58. The molecule has 0 aromatic heterocycles. The summed E-state index contributed by atoms with van der Waals surface area (Å²) in [7, 11) is 5.56. The Morgan fingerprint density at radius 1 is 1.45 bits per heavy atom. The van der Waals surface area contributed by atoms with Gasteiger partial charge in [0.1, 0.15) is 0 Å². The van der Waals surface area contributed by atoms with E-state index in [1.165, 1.54) is 7.11 Å². The Morgan fingerprint density at radius 3 is 2.90 bits per heavy atom. The van der Waals surface area contributed by atoms with Crippen LogP contribution in [0.5, 0.6) is 5.75 Å². The minimum absolute atomic E-state index is 0.224. The van der Waals surface area contributed by atoms with E-state index in [9.17, 15) is 4.39 Å². The SMILES string of the molecule is COc1ccc(CN2CCO[C@@H](CN(C)C)C2)cc1F. The summed E-state index contributed by atoms with van der Waals surface area (Å²) in [5, 5.41) is 0. The molecule has 0 aliphatic carbocycles. The van der Waals surface area contributed by atoms with Crippen LogP contribution in [0.25, 0.3) is 0 Å². The number of rotatable bonds is 5. The van der Waals surface area contributed by atoms with Gasteiger partial charge >= 0.3 is 0 Å². The first-order valence-electron chi connectivity index (χ1n) is 6.89. The number of methoxy groups -OCH3 is 1. The van der Waals surface area contributed by atoms with E-state index >= 15 is 0 Å². The highest BCUT2D eigenvalue weighted by Gasteiger charge is 2.21. The van der Waals surface area contributed by atoms with Crippen molar-refractivity contribution in [3.05, 3.63) is 29.6 Å². The summed E-state index contributed by atoms with van der Waals surface area (Å²) in [5.74, 6) is -0.00990. The second kappa shape index (κ2) is 7.02. The lowest BCUT2D eigenvalue weighted by Crippen LogP contribution is -2.45. The Kier molecular flexibility index (Phi) is 5.34. The van der Waals surface area contributed by atoms with Crippen LogP contribution in [-0.4, -0.2) is 63.4 Å². The van der Waals surface area contributed by atoms with E-state index in [-0.39, 0.29) is 11.9 Å². The number of hydrogen-bond donors (Lipinski definition) is 0. The van der Waals surface area contributed by atoms with Gasteiger partial charge in [-0.1, -0.05) is 6.07 Å². The number of morpholine rings is 1. The summed E-state index contributed by atoms with van der Waals surface area (Å²) in [4.78, 5) is 4.43. The highest BCUT2D eigenvalue weighted by Crippen LogP contribution is 2.19. The number of ether oxygens (including phenoxy) is 2. The van der Waals surface area contributed by atoms with Crippen molar-refractivity contribution in [3.8, 4) is 5.75 Å². The van der Waals surface area contributed by atoms with Crippen molar-refractivity contribution in [3.63, 3.8) is 0 Å². The van der Waals surface area contributed by atoms with Crippen molar-refractivity contribution in [1.29, 1.82) is 0 Å². The van der Waals surface area contributed by atoms with Gasteiger partial charge < -0.3 is 14.4 Å². The third kappa shape index (κ3) is 4.16. The van der Waals surface area contributed by atoms with Crippen LogP contribution < -0.4 is 4.74 Å². The standard InChI is InChI=1S/C15H23FN2O2/c1-17(2)10-13-11-18(6-7-20-13)9-12-4-5-15(19-3)14(16)8-12/h4-5,8,13H,6-7,9-11H2,1-3H3/t13-/m0/s1. The Morgan fingerprint density at radius 2 is 2.25 bits per heavy atom. The molecule has 0 bridgehead atoms. The number of halogens is 1. The lowest BCUT2D eigenvalue weighted by atomic mass is 10.1. The van der Waals surface area contributed by atoms with Crippen molar-refractivity contribution in [1.82, 2.24) is 9.80 Å². The van der Waals surface area contributed by atoms with Gasteiger partial charge in [0, 0.05) is 26.2 Å². The molecule has 1 aliphatic heterocycles. The molecule has 0 amide bonds. The predicted octanol–water partition coefficient (Wildman–Crippen LogP) is 1.60. The molecule has 0 radical (unpaired) electrons. The Hall–Kier alpha value is -1.17. The van der Waals surface area contributed by atoms with E-state index in [0.29, 0.717) is 5.75 Å². The zero-order valence-electron chi connectivity index (χ0n) is 12.4. The first-order valence-corrected chi connectivity index (χ1v) is 6.89. The molecule has 0 saturated carbocycles. The second-order valence-corrected chi connectivity index (χ2v) is 5.46. The zero-order valence-corrected chi connectivity index (χ0v) is 12.4. The smallest absolute Gasteiger partial charge is 0.165 e. The minimum Gasteiger partial charge on any atom is -0.494 e.